The van der Waals surface area contributed by atoms with Gasteiger partial charge in [0, 0.05) is 25.1 Å². The van der Waals surface area contributed by atoms with Gasteiger partial charge in [-0.1, -0.05) is 17.4 Å². The summed E-state index contributed by atoms with van der Waals surface area (Å²) in [7, 11) is -3.97. The molecule has 0 spiro atoms. The third-order valence-corrected chi connectivity index (χ3v) is 9.82. The van der Waals surface area contributed by atoms with Crippen LogP contribution in [0.3, 0.4) is 0 Å². The fourth-order valence-corrected chi connectivity index (χ4v) is 7.44. The Kier molecular flexibility index (Phi) is 7.80. The number of nitrogens with two attached hydrogens (primary N) is 1. The highest BCUT2D eigenvalue weighted by atomic mass is 32.2. The number of hydrogen-bond acceptors (Lipinski definition) is 9. The number of anilines is 2. The standard InChI is InChI=1S/C21H26FN5O4S3/c22-16-12-15(27(9-10-28)34(30,31)18-2-1-11-32-18)13-17-19(16)24-21(33-17)25-20(29)14-3-6-26(7-4-14)8-5-23/h1-2,11-14,28H,3-10,23H2,(H,24,25,29). The Morgan fingerprint density at radius 3 is 2.76 bits per heavy atom. The summed E-state index contributed by atoms with van der Waals surface area (Å²) in [6, 6.07) is 5.66. The summed E-state index contributed by atoms with van der Waals surface area (Å²) >= 11 is 2.12. The van der Waals surface area contributed by atoms with Crippen LogP contribution in [0.25, 0.3) is 10.2 Å². The molecule has 1 aliphatic heterocycles. The van der Waals surface area contributed by atoms with Crippen molar-refractivity contribution in [3.8, 4) is 0 Å². The second-order valence-electron chi connectivity index (χ2n) is 7.92. The first-order chi connectivity index (χ1) is 16.3. The van der Waals surface area contributed by atoms with Crippen LogP contribution in [0.15, 0.2) is 33.9 Å². The van der Waals surface area contributed by atoms with E-state index in [0.717, 1.165) is 52.7 Å². The highest BCUT2D eigenvalue weighted by Crippen LogP contribution is 2.35. The number of piperidine rings is 1. The van der Waals surface area contributed by atoms with Gasteiger partial charge in [0.2, 0.25) is 5.91 Å². The third-order valence-electron chi connectivity index (χ3n) is 5.70. The first-order valence-corrected chi connectivity index (χ1v) is 14.0. The van der Waals surface area contributed by atoms with Gasteiger partial charge in [0.05, 0.1) is 23.5 Å². The van der Waals surface area contributed by atoms with Crippen LogP contribution in [0.4, 0.5) is 15.2 Å². The Labute approximate surface area is 205 Å². The average Bonchev–Trinajstić information content (AvgIpc) is 3.49. The number of rotatable bonds is 9. The van der Waals surface area contributed by atoms with Gasteiger partial charge in [-0.2, -0.15) is 0 Å². The number of thiazole rings is 1. The van der Waals surface area contributed by atoms with Gasteiger partial charge in [-0.25, -0.2) is 17.8 Å². The predicted molar refractivity (Wildman–Crippen MR) is 132 cm³/mol. The highest BCUT2D eigenvalue weighted by Gasteiger charge is 2.28. The number of hydrogen-bond donors (Lipinski definition) is 3. The van der Waals surface area contributed by atoms with Crippen molar-refractivity contribution >= 4 is 59.6 Å². The van der Waals surface area contributed by atoms with Crippen LogP contribution in [-0.4, -0.2) is 68.6 Å². The van der Waals surface area contributed by atoms with Crippen LogP contribution in [0.5, 0.6) is 0 Å². The van der Waals surface area contributed by atoms with E-state index in [1.165, 1.54) is 12.1 Å². The van der Waals surface area contributed by atoms with E-state index in [0.29, 0.717) is 24.1 Å². The maximum absolute atomic E-state index is 14.9. The van der Waals surface area contributed by atoms with Gasteiger partial charge in [-0.05, 0) is 43.4 Å². The number of thiophene rings is 1. The Hall–Kier alpha value is -2.16. The second-order valence-corrected chi connectivity index (χ2v) is 12.0. The van der Waals surface area contributed by atoms with Crippen LogP contribution in [0.2, 0.25) is 0 Å². The van der Waals surface area contributed by atoms with Gasteiger partial charge in [0.25, 0.3) is 10.0 Å². The fourth-order valence-electron chi connectivity index (χ4n) is 3.98. The first-order valence-electron chi connectivity index (χ1n) is 10.8. The van der Waals surface area contributed by atoms with Crippen molar-refractivity contribution in [3.63, 3.8) is 0 Å². The molecule has 184 valence electrons. The number of carbonyl (C=O) groups is 1. The molecule has 0 saturated carbocycles. The van der Waals surface area contributed by atoms with Crippen LogP contribution in [-0.2, 0) is 14.8 Å². The van der Waals surface area contributed by atoms with Crippen molar-refractivity contribution in [3.05, 3.63) is 35.5 Å². The zero-order valence-electron chi connectivity index (χ0n) is 18.3. The molecule has 2 aromatic heterocycles. The van der Waals surface area contributed by atoms with Gasteiger partial charge in [-0.3, -0.25) is 9.10 Å². The highest BCUT2D eigenvalue weighted by molar-refractivity contribution is 7.94. The maximum atomic E-state index is 14.9. The number of amides is 1. The van der Waals surface area contributed by atoms with Crippen molar-refractivity contribution in [2.45, 2.75) is 17.1 Å². The van der Waals surface area contributed by atoms with Crippen molar-refractivity contribution in [2.75, 3.05) is 49.0 Å². The Morgan fingerprint density at radius 2 is 2.12 bits per heavy atom. The Balaban J connectivity index is 1.55. The second kappa shape index (κ2) is 10.6. The number of carbonyl (C=O) groups excluding carboxylic acids is 1. The molecule has 1 amide bonds. The van der Waals surface area contributed by atoms with E-state index in [1.807, 2.05) is 0 Å². The molecular weight excluding hydrogens is 501 g/mol. The summed E-state index contributed by atoms with van der Waals surface area (Å²) in [5, 5.41) is 14.1. The molecule has 1 aliphatic rings. The SMILES string of the molecule is NCCN1CCC(C(=O)Nc2nc3c(F)cc(N(CCO)S(=O)(=O)c4cccs4)cc3s2)CC1. The van der Waals surface area contributed by atoms with Gasteiger partial charge >= 0.3 is 0 Å². The van der Waals surface area contributed by atoms with Crippen LogP contribution < -0.4 is 15.4 Å². The summed E-state index contributed by atoms with van der Waals surface area (Å²) in [5.74, 6) is -1.02. The largest absolute Gasteiger partial charge is 0.394 e. The molecule has 13 heteroatoms. The smallest absolute Gasteiger partial charge is 0.273 e. The van der Waals surface area contributed by atoms with E-state index < -0.39 is 22.4 Å². The Morgan fingerprint density at radius 1 is 1.35 bits per heavy atom. The molecule has 0 unspecified atom stereocenters. The first kappa shape index (κ1) is 24.9. The van der Waals surface area contributed by atoms with Crippen molar-refractivity contribution in [2.24, 2.45) is 11.7 Å². The zero-order chi connectivity index (χ0) is 24.3. The average molecular weight is 528 g/mol. The summed E-state index contributed by atoms with van der Waals surface area (Å²) in [5.41, 5.74) is 5.73. The monoisotopic (exact) mass is 527 g/mol. The third kappa shape index (κ3) is 5.24. The van der Waals surface area contributed by atoms with Gasteiger partial charge in [0.1, 0.15) is 9.73 Å². The quantitative estimate of drug-likeness (QED) is 0.389. The van der Waals surface area contributed by atoms with Gasteiger partial charge in [-0.15, -0.1) is 11.3 Å². The number of nitrogens with one attached hydrogen (secondary N) is 1. The lowest BCUT2D eigenvalue weighted by Crippen LogP contribution is -2.40. The molecule has 34 heavy (non-hydrogen) atoms. The number of aromatic nitrogens is 1. The Bertz CT molecular complexity index is 1240. The van der Waals surface area contributed by atoms with E-state index in [4.69, 9.17) is 5.73 Å². The minimum atomic E-state index is -3.97. The molecule has 3 heterocycles. The van der Waals surface area contributed by atoms with E-state index in [2.05, 4.69) is 15.2 Å². The lowest BCUT2D eigenvalue weighted by molar-refractivity contribution is -0.121. The molecule has 4 rings (SSSR count). The zero-order valence-corrected chi connectivity index (χ0v) is 20.8. The summed E-state index contributed by atoms with van der Waals surface area (Å²) in [6.45, 7) is 2.33. The summed E-state index contributed by atoms with van der Waals surface area (Å²) in [6.07, 6.45) is 1.43. The van der Waals surface area contributed by atoms with E-state index >= 15 is 0 Å². The van der Waals surface area contributed by atoms with Gasteiger partial charge < -0.3 is 21.1 Å². The normalized spacial score (nSPS) is 15.6. The predicted octanol–water partition coefficient (Wildman–Crippen LogP) is 2.29. The number of fused-ring (bicyclic) bond motifs is 1. The summed E-state index contributed by atoms with van der Waals surface area (Å²) in [4.78, 5) is 19.2. The molecule has 1 aromatic carbocycles. The van der Waals surface area contributed by atoms with Crippen molar-refractivity contribution in [1.29, 1.82) is 0 Å². The summed E-state index contributed by atoms with van der Waals surface area (Å²) < 4.78 is 42.5. The number of aliphatic hydroxyl groups is 1. The number of benzene rings is 1. The molecule has 0 radical (unpaired) electrons. The minimum Gasteiger partial charge on any atom is -0.394 e. The number of aliphatic hydroxyl groups excluding tert-OH is 1. The van der Waals surface area contributed by atoms with Crippen molar-refractivity contribution < 1.29 is 22.7 Å². The number of nitrogens with zero attached hydrogens (tertiary/aromatic N) is 3. The van der Waals surface area contributed by atoms with Crippen LogP contribution in [0.1, 0.15) is 12.8 Å². The lowest BCUT2D eigenvalue weighted by Gasteiger charge is -2.30. The maximum Gasteiger partial charge on any atom is 0.273 e. The fraction of sp³-hybridized carbons (Fsp3) is 0.429. The van der Waals surface area contributed by atoms with Crippen molar-refractivity contribution in [1.82, 2.24) is 9.88 Å². The molecule has 4 N–H and O–H groups in total. The molecule has 0 bridgehead atoms. The molecule has 0 aliphatic carbocycles. The topological polar surface area (TPSA) is 129 Å². The number of halogens is 1. The molecule has 1 saturated heterocycles. The van der Waals surface area contributed by atoms with E-state index in [-0.39, 0.29) is 38.9 Å². The van der Waals surface area contributed by atoms with Crippen LogP contribution >= 0.6 is 22.7 Å². The lowest BCUT2D eigenvalue weighted by atomic mass is 9.96. The molecule has 9 nitrogen and oxygen atoms in total. The molecule has 1 fully saturated rings. The minimum absolute atomic E-state index is 0.0549. The van der Waals surface area contributed by atoms with E-state index in [9.17, 15) is 22.7 Å². The molecular formula is C21H26FN5O4S3. The number of sulfonamides is 1. The molecule has 3 aromatic rings. The van der Waals surface area contributed by atoms with Crippen LogP contribution in [0, 0.1) is 11.7 Å². The number of likely N-dealkylation sites (tertiary alicyclic amines) is 1. The molecule has 0 atom stereocenters. The van der Waals surface area contributed by atoms with Gasteiger partial charge in [0.15, 0.2) is 10.9 Å². The van der Waals surface area contributed by atoms with E-state index in [1.54, 1.807) is 11.4 Å².